The van der Waals surface area contributed by atoms with Gasteiger partial charge in [0, 0.05) is 27.2 Å². The first-order valence-electron chi connectivity index (χ1n) is 5.56. The van der Waals surface area contributed by atoms with E-state index in [9.17, 15) is 4.79 Å². The Bertz CT molecular complexity index is 447. The third-order valence-electron chi connectivity index (χ3n) is 3.32. The molecule has 0 fully saturated rings. The Hall–Kier alpha value is -1.75. The van der Waals surface area contributed by atoms with Gasteiger partial charge in [-0.25, -0.2) is 4.79 Å². The van der Waals surface area contributed by atoms with E-state index in [0.717, 1.165) is 17.9 Å². The van der Waals surface area contributed by atoms with Crippen molar-refractivity contribution in [2.24, 2.45) is 5.73 Å². The summed E-state index contributed by atoms with van der Waals surface area (Å²) in [6.07, 6.45) is 0. The van der Waals surface area contributed by atoms with Crippen molar-refractivity contribution in [3.63, 3.8) is 0 Å². The molecule has 1 aliphatic rings. The summed E-state index contributed by atoms with van der Waals surface area (Å²) in [5.41, 5.74) is 8.00. The largest absolute Gasteiger partial charge is 0.478 e. The predicted octanol–water partition coefficient (Wildman–Crippen LogP) is 0.598. The highest BCUT2D eigenvalue weighted by Gasteiger charge is 2.26. The van der Waals surface area contributed by atoms with Gasteiger partial charge in [-0.2, -0.15) is 0 Å². The summed E-state index contributed by atoms with van der Waals surface area (Å²) < 4.78 is 0. The van der Waals surface area contributed by atoms with Crippen molar-refractivity contribution >= 4 is 17.3 Å². The van der Waals surface area contributed by atoms with Gasteiger partial charge in [-0.05, 0) is 18.2 Å². The van der Waals surface area contributed by atoms with Gasteiger partial charge in [-0.15, -0.1) is 0 Å². The Morgan fingerprint density at radius 2 is 2.18 bits per heavy atom. The number of nitrogens with zero attached hydrogens (tertiary/aromatic N) is 2. The first-order chi connectivity index (χ1) is 8.04. The number of anilines is 2. The molecule has 1 unspecified atom stereocenters. The summed E-state index contributed by atoms with van der Waals surface area (Å²) in [6, 6.07) is 5.41. The molecule has 92 valence electrons. The minimum atomic E-state index is -0.904. The van der Waals surface area contributed by atoms with Crippen LogP contribution in [-0.4, -0.2) is 44.3 Å². The van der Waals surface area contributed by atoms with Crippen LogP contribution in [0.4, 0.5) is 11.4 Å². The zero-order valence-corrected chi connectivity index (χ0v) is 10.1. The third-order valence-corrected chi connectivity index (χ3v) is 3.32. The van der Waals surface area contributed by atoms with E-state index in [-0.39, 0.29) is 6.04 Å². The van der Waals surface area contributed by atoms with Crippen LogP contribution in [0.3, 0.4) is 0 Å². The van der Waals surface area contributed by atoms with Crippen molar-refractivity contribution in [1.29, 1.82) is 0 Å². The monoisotopic (exact) mass is 235 g/mol. The van der Waals surface area contributed by atoms with Crippen LogP contribution >= 0.6 is 0 Å². The standard InChI is InChI=1S/C12H17N3O2/c1-14-7-9(6-13)15(2)11-5-8(12(16)17)3-4-10(11)14/h3-5,9H,6-7,13H2,1-2H3,(H,16,17). The van der Waals surface area contributed by atoms with Crippen LogP contribution in [0.2, 0.25) is 0 Å². The van der Waals surface area contributed by atoms with E-state index in [1.807, 2.05) is 20.2 Å². The van der Waals surface area contributed by atoms with Crippen LogP contribution < -0.4 is 15.5 Å². The highest BCUT2D eigenvalue weighted by Crippen LogP contribution is 2.34. The molecule has 1 heterocycles. The molecule has 2 rings (SSSR count). The van der Waals surface area contributed by atoms with E-state index < -0.39 is 5.97 Å². The number of carboxylic acids is 1. The molecular weight excluding hydrogens is 218 g/mol. The van der Waals surface area contributed by atoms with Crippen LogP contribution in [0.25, 0.3) is 0 Å². The second kappa shape index (κ2) is 4.25. The Morgan fingerprint density at radius 1 is 1.47 bits per heavy atom. The molecule has 0 saturated carbocycles. The molecule has 0 aliphatic carbocycles. The van der Waals surface area contributed by atoms with Gasteiger partial charge < -0.3 is 20.6 Å². The van der Waals surface area contributed by atoms with Crippen molar-refractivity contribution in [3.8, 4) is 0 Å². The Labute approximate surface area is 100 Å². The first-order valence-corrected chi connectivity index (χ1v) is 5.56. The number of likely N-dealkylation sites (N-methyl/N-ethyl adjacent to an activating group) is 2. The molecule has 5 heteroatoms. The average Bonchev–Trinajstić information content (AvgIpc) is 2.33. The molecule has 0 amide bonds. The summed E-state index contributed by atoms with van der Waals surface area (Å²) in [4.78, 5) is 15.1. The molecule has 17 heavy (non-hydrogen) atoms. The molecule has 0 spiro atoms. The molecule has 1 atom stereocenters. The number of hydrogen-bond donors (Lipinski definition) is 2. The second-order valence-electron chi connectivity index (χ2n) is 4.39. The van der Waals surface area contributed by atoms with Crippen molar-refractivity contribution in [1.82, 2.24) is 0 Å². The van der Waals surface area contributed by atoms with Crippen molar-refractivity contribution in [3.05, 3.63) is 23.8 Å². The van der Waals surface area contributed by atoms with Gasteiger partial charge in [-0.3, -0.25) is 0 Å². The Morgan fingerprint density at radius 3 is 2.76 bits per heavy atom. The number of nitrogens with two attached hydrogens (primary N) is 1. The molecule has 0 radical (unpaired) electrons. The van der Waals surface area contributed by atoms with Crippen LogP contribution in [0.1, 0.15) is 10.4 Å². The number of benzene rings is 1. The van der Waals surface area contributed by atoms with E-state index in [2.05, 4.69) is 9.80 Å². The summed E-state index contributed by atoms with van der Waals surface area (Å²) in [5, 5.41) is 9.00. The number of rotatable bonds is 2. The first kappa shape index (κ1) is 11.7. The molecule has 0 aromatic heterocycles. The maximum Gasteiger partial charge on any atom is 0.335 e. The molecule has 0 bridgehead atoms. The second-order valence-corrected chi connectivity index (χ2v) is 4.39. The van der Waals surface area contributed by atoms with E-state index >= 15 is 0 Å². The lowest BCUT2D eigenvalue weighted by Gasteiger charge is -2.41. The van der Waals surface area contributed by atoms with Gasteiger partial charge in [0.25, 0.3) is 0 Å². The van der Waals surface area contributed by atoms with E-state index in [1.54, 1.807) is 12.1 Å². The van der Waals surface area contributed by atoms with Gasteiger partial charge in [0.15, 0.2) is 0 Å². The lowest BCUT2D eigenvalue weighted by molar-refractivity contribution is 0.0697. The minimum absolute atomic E-state index is 0.219. The summed E-state index contributed by atoms with van der Waals surface area (Å²) >= 11 is 0. The molecule has 1 aromatic carbocycles. The molecule has 1 aliphatic heterocycles. The lowest BCUT2D eigenvalue weighted by Crippen LogP contribution is -2.49. The number of fused-ring (bicyclic) bond motifs is 1. The topological polar surface area (TPSA) is 69.8 Å². The van der Waals surface area contributed by atoms with Crippen molar-refractivity contribution < 1.29 is 9.90 Å². The molecular formula is C12H17N3O2. The highest BCUT2D eigenvalue weighted by molar-refractivity contribution is 5.91. The smallest absolute Gasteiger partial charge is 0.335 e. The Balaban J connectivity index is 2.47. The third kappa shape index (κ3) is 1.93. The van der Waals surface area contributed by atoms with Crippen LogP contribution in [-0.2, 0) is 0 Å². The average molecular weight is 235 g/mol. The van der Waals surface area contributed by atoms with Gasteiger partial charge in [0.05, 0.1) is 23.0 Å². The molecule has 1 aromatic rings. The molecule has 3 N–H and O–H groups in total. The molecule has 0 saturated heterocycles. The number of aromatic carboxylic acids is 1. The zero-order valence-electron chi connectivity index (χ0n) is 10.1. The predicted molar refractivity (Wildman–Crippen MR) is 67.9 cm³/mol. The van der Waals surface area contributed by atoms with Crippen molar-refractivity contribution in [2.45, 2.75) is 6.04 Å². The fraction of sp³-hybridized carbons (Fsp3) is 0.417. The summed E-state index contributed by atoms with van der Waals surface area (Å²) in [6.45, 7) is 1.41. The number of carbonyl (C=O) groups is 1. The lowest BCUT2D eigenvalue weighted by atomic mass is 10.1. The van der Waals surface area contributed by atoms with Gasteiger partial charge in [0.2, 0.25) is 0 Å². The zero-order chi connectivity index (χ0) is 12.6. The fourth-order valence-corrected chi connectivity index (χ4v) is 2.23. The SMILES string of the molecule is CN1CC(CN)N(C)c2cc(C(=O)O)ccc21. The van der Waals surface area contributed by atoms with E-state index in [1.165, 1.54) is 0 Å². The van der Waals surface area contributed by atoms with Crippen molar-refractivity contribution in [2.75, 3.05) is 37.0 Å². The number of carboxylic acid groups (broad SMARTS) is 1. The molecule has 5 nitrogen and oxygen atoms in total. The van der Waals surface area contributed by atoms with Gasteiger partial charge in [0.1, 0.15) is 0 Å². The minimum Gasteiger partial charge on any atom is -0.478 e. The fourth-order valence-electron chi connectivity index (χ4n) is 2.23. The normalized spacial score (nSPS) is 19.1. The van der Waals surface area contributed by atoms with Gasteiger partial charge >= 0.3 is 5.97 Å². The van der Waals surface area contributed by atoms with E-state index in [0.29, 0.717) is 12.1 Å². The maximum absolute atomic E-state index is 11.0. The van der Waals surface area contributed by atoms with Gasteiger partial charge in [-0.1, -0.05) is 0 Å². The summed E-state index contributed by atoms with van der Waals surface area (Å²) in [7, 11) is 3.95. The quantitative estimate of drug-likeness (QED) is 0.785. The number of hydrogen-bond acceptors (Lipinski definition) is 4. The van der Waals surface area contributed by atoms with Crippen LogP contribution in [0.5, 0.6) is 0 Å². The van der Waals surface area contributed by atoms with E-state index in [4.69, 9.17) is 10.8 Å². The van der Waals surface area contributed by atoms with Crippen LogP contribution in [0, 0.1) is 0 Å². The Kier molecular flexibility index (Phi) is 2.93. The summed E-state index contributed by atoms with van der Waals surface area (Å²) in [5.74, 6) is -0.904. The maximum atomic E-state index is 11.0. The van der Waals surface area contributed by atoms with Crippen LogP contribution in [0.15, 0.2) is 18.2 Å². The highest BCUT2D eigenvalue weighted by atomic mass is 16.4.